The molecule has 0 saturated carbocycles. The lowest BCUT2D eigenvalue weighted by atomic mass is 9.99. The predicted octanol–water partition coefficient (Wildman–Crippen LogP) is 12.7. The van der Waals surface area contributed by atoms with Crippen LogP contribution in [0.25, 0.3) is 0 Å². The van der Waals surface area contributed by atoms with Crippen molar-refractivity contribution in [1.29, 1.82) is 0 Å². The van der Waals surface area contributed by atoms with Crippen LogP contribution in [-0.4, -0.2) is 87.5 Å². The van der Waals surface area contributed by atoms with Gasteiger partial charge >= 0.3 is 0 Å². The van der Waals surface area contributed by atoms with Crippen molar-refractivity contribution in [1.82, 2.24) is 5.32 Å². The number of allylic oxidation sites excluding steroid dienone is 13. The van der Waals surface area contributed by atoms with Crippen molar-refractivity contribution >= 4 is 5.91 Å². The maximum absolute atomic E-state index is 13.0. The molecule has 1 amide bonds. The number of carbonyl (C=O) groups excluding carboxylic acids is 1. The zero-order valence-corrected chi connectivity index (χ0v) is 41.9. The first-order valence-corrected chi connectivity index (χ1v) is 26.8. The molecular formula is C57H99NO8. The summed E-state index contributed by atoms with van der Waals surface area (Å²) in [6.45, 7) is 3.63. The van der Waals surface area contributed by atoms with Crippen LogP contribution >= 0.6 is 0 Å². The van der Waals surface area contributed by atoms with Crippen LogP contribution < -0.4 is 5.32 Å². The Morgan fingerprint density at radius 2 is 0.939 bits per heavy atom. The van der Waals surface area contributed by atoms with Gasteiger partial charge in [-0.25, -0.2) is 0 Å². The SMILES string of the molecule is CC/C=C\C/C=C\C/C=C\C/C=C\C/C=C\C/C=C\CCCCCCCCCCCCCCCCC(=O)NC(COC1OC(CO)C(O)C(O)C1O)C(O)/C=C/CCCCCCCCCC. The third-order valence-corrected chi connectivity index (χ3v) is 12.2. The molecule has 0 aromatic heterocycles. The first-order chi connectivity index (χ1) is 32.3. The Labute approximate surface area is 403 Å². The van der Waals surface area contributed by atoms with Crippen molar-refractivity contribution in [2.45, 2.75) is 256 Å². The van der Waals surface area contributed by atoms with E-state index in [4.69, 9.17) is 9.47 Å². The number of rotatable bonds is 44. The first-order valence-electron chi connectivity index (χ1n) is 26.8. The molecule has 0 aromatic rings. The highest BCUT2D eigenvalue weighted by Gasteiger charge is 2.44. The van der Waals surface area contributed by atoms with E-state index in [2.05, 4.69) is 92.1 Å². The Morgan fingerprint density at radius 3 is 1.39 bits per heavy atom. The lowest BCUT2D eigenvalue weighted by Gasteiger charge is -2.40. The number of ether oxygens (including phenoxy) is 2. The van der Waals surface area contributed by atoms with Crippen LogP contribution in [0.5, 0.6) is 0 Å². The van der Waals surface area contributed by atoms with E-state index < -0.39 is 49.5 Å². The minimum Gasteiger partial charge on any atom is -0.394 e. The second-order valence-electron chi connectivity index (χ2n) is 18.3. The average molecular weight is 926 g/mol. The van der Waals surface area contributed by atoms with Crippen molar-refractivity contribution in [3.63, 3.8) is 0 Å². The number of hydrogen-bond donors (Lipinski definition) is 6. The van der Waals surface area contributed by atoms with Crippen LogP contribution in [0.4, 0.5) is 0 Å². The summed E-state index contributed by atoms with van der Waals surface area (Å²) >= 11 is 0. The minimum absolute atomic E-state index is 0.183. The van der Waals surface area contributed by atoms with Gasteiger partial charge in [0.05, 0.1) is 25.4 Å². The van der Waals surface area contributed by atoms with E-state index in [9.17, 15) is 30.3 Å². The zero-order valence-electron chi connectivity index (χ0n) is 41.9. The van der Waals surface area contributed by atoms with E-state index >= 15 is 0 Å². The van der Waals surface area contributed by atoms with Gasteiger partial charge < -0.3 is 40.3 Å². The van der Waals surface area contributed by atoms with Crippen molar-refractivity contribution in [2.24, 2.45) is 0 Å². The van der Waals surface area contributed by atoms with Crippen LogP contribution in [0.15, 0.2) is 85.1 Å². The van der Waals surface area contributed by atoms with Crippen molar-refractivity contribution in [3.8, 4) is 0 Å². The number of hydrogen-bond acceptors (Lipinski definition) is 8. The average Bonchev–Trinajstić information content (AvgIpc) is 3.32. The summed E-state index contributed by atoms with van der Waals surface area (Å²) in [7, 11) is 0. The number of nitrogens with one attached hydrogen (secondary N) is 1. The molecule has 6 N–H and O–H groups in total. The second-order valence-corrected chi connectivity index (χ2v) is 18.3. The molecular weight excluding hydrogens is 827 g/mol. The number of unbranched alkanes of at least 4 members (excludes halogenated alkanes) is 22. The van der Waals surface area contributed by atoms with Gasteiger partial charge in [0.15, 0.2) is 6.29 Å². The molecule has 1 aliphatic rings. The number of amides is 1. The summed E-state index contributed by atoms with van der Waals surface area (Å²) in [6, 6.07) is -0.807. The summed E-state index contributed by atoms with van der Waals surface area (Å²) in [5.74, 6) is -0.183. The van der Waals surface area contributed by atoms with Gasteiger partial charge in [-0.15, -0.1) is 0 Å². The Morgan fingerprint density at radius 1 is 0.530 bits per heavy atom. The number of carbonyl (C=O) groups is 1. The lowest BCUT2D eigenvalue weighted by Crippen LogP contribution is -2.60. The molecule has 0 aliphatic carbocycles. The molecule has 0 bridgehead atoms. The largest absolute Gasteiger partial charge is 0.394 e. The van der Waals surface area contributed by atoms with Crippen LogP contribution in [-0.2, 0) is 14.3 Å². The summed E-state index contributed by atoms with van der Waals surface area (Å²) in [5, 5.41) is 54.2. The molecule has 1 fully saturated rings. The topological polar surface area (TPSA) is 149 Å². The standard InChI is InChI=1S/C57H99NO8/c1-3-5-7-9-11-13-15-16-17-18-19-20-21-22-23-24-25-26-27-28-29-30-31-32-33-34-35-36-37-39-41-43-45-47-53(61)58-50(49-65-57-56(64)55(63)54(62)52(48-59)66-57)51(60)46-44-42-40-38-14-12-10-8-6-4-2/h5,7,11,13,16-17,19-20,22-23,25-26,44,46,50-52,54-57,59-60,62-64H,3-4,6,8-10,12,14-15,18,21,24,27-43,45,47-49H2,1-2H3,(H,58,61)/b7-5-,13-11-,17-16-,20-19-,23-22-,26-25-,46-44+. The monoisotopic (exact) mass is 926 g/mol. The van der Waals surface area contributed by atoms with Crippen LogP contribution in [0.3, 0.4) is 0 Å². The molecule has 0 aromatic carbocycles. The van der Waals surface area contributed by atoms with Crippen molar-refractivity contribution < 1.29 is 39.8 Å². The summed E-state index contributed by atoms with van der Waals surface area (Å²) in [4.78, 5) is 13.0. The third-order valence-electron chi connectivity index (χ3n) is 12.2. The molecule has 380 valence electrons. The molecule has 0 radical (unpaired) electrons. The van der Waals surface area contributed by atoms with E-state index in [0.717, 1.165) is 77.0 Å². The van der Waals surface area contributed by atoms with Crippen LogP contribution in [0, 0.1) is 0 Å². The van der Waals surface area contributed by atoms with Gasteiger partial charge in [-0.2, -0.15) is 0 Å². The molecule has 1 heterocycles. The first kappa shape index (κ1) is 61.4. The van der Waals surface area contributed by atoms with Gasteiger partial charge in [-0.3, -0.25) is 4.79 Å². The van der Waals surface area contributed by atoms with Crippen LogP contribution in [0.1, 0.15) is 213 Å². The number of aliphatic hydroxyl groups is 5. The van der Waals surface area contributed by atoms with Gasteiger partial charge in [0, 0.05) is 6.42 Å². The number of aliphatic hydroxyl groups excluding tert-OH is 5. The van der Waals surface area contributed by atoms with Crippen molar-refractivity contribution in [3.05, 3.63) is 85.1 Å². The van der Waals surface area contributed by atoms with E-state index in [1.807, 2.05) is 6.08 Å². The second kappa shape index (κ2) is 46.1. The summed E-state index contributed by atoms with van der Waals surface area (Å²) in [5.41, 5.74) is 0. The Kier molecular flexibility index (Phi) is 42.9. The summed E-state index contributed by atoms with van der Waals surface area (Å²) < 4.78 is 11.2. The summed E-state index contributed by atoms with van der Waals surface area (Å²) in [6.07, 6.45) is 58.0. The van der Waals surface area contributed by atoms with E-state index in [0.29, 0.717) is 6.42 Å². The fourth-order valence-corrected chi connectivity index (χ4v) is 7.98. The molecule has 66 heavy (non-hydrogen) atoms. The van der Waals surface area contributed by atoms with E-state index in [1.54, 1.807) is 6.08 Å². The Balaban J connectivity index is 2.13. The molecule has 9 nitrogen and oxygen atoms in total. The molecule has 9 heteroatoms. The highest BCUT2D eigenvalue weighted by molar-refractivity contribution is 5.76. The fourth-order valence-electron chi connectivity index (χ4n) is 7.98. The minimum atomic E-state index is -1.57. The Bertz CT molecular complexity index is 1300. The molecule has 7 atom stereocenters. The third kappa shape index (κ3) is 35.5. The van der Waals surface area contributed by atoms with Crippen molar-refractivity contribution in [2.75, 3.05) is 13.2 Å². The van der Waals surface area contributed by atoms with Gasteiger partial charge in [-0.1, -0.05) is 221 Å². The Hall–Kier alpha value is -2.63. The maximum Gasteiger partial charge on any atom is 0.220 e. The van der Waals surface area contributed by atoms with Gasteiger partial charge in [0.25, 0.3) is 0 Å². The smallest absolute Gasteiger partial charge is 0.220 e. The molecule has 7 unspecified atom stereocenters. The molecule has 1 saturated heterocycles. The quantitative estimate of drug-likeness (QED) is 0.0261. The molecule has 0 spiro atoms. The molecule has 1 rings (SSSR count). The highest BCUT2D eigenvalue weighted by Crippen LogP contribution is 2.23. The van der Waals surface area contributed by atoms with E-state index in [-0.39, 0.29) is 12.5 Å². The zero-order chi connectivity index (χ0) is 48.0. The normalized spacial score (nSPS) is 20.5. The van der Waals surface area contributed by atoms with Gasteiger partial charge in [-0.05, 0) is 70.6 Å². The maximum atomic E-state index is 13.0. The predicted molar refractivity (Wildman–Crippen MR) is 276 cm³/mol. The van der Waals surface area contributed by atoms with Gasteiger partial charge in [0.2, 0.25) is 5.91 Å². The highest BCUT2D eigenvalue weighted by atomic mass is 16.7. The molecule has 1 aliphatic heterocycles. The fraction of sp³-hybridized carbons (Fsp3) is 0.737. The lowest BCUT2D eigenvalue weighted by molar-refractivity contribution is -0.302. The van der Waals surface area contributed by atoms with Crippen LogP contribution in [0.2, 0.25) is 0 Å². The van der Waals surface area contributed by atoms with E-state index in [1.165, 1.54) is 116 Å². The van der Waals surface area contributed by atoms with Gasteiger partial charge in [0.1, 0.15) is 24.4 Å².